The fourth-order valence-corrected chi connectivity index (χ4v) is 2.79. The van der Waals surface area contributed by atoms with E-state index in [9.17, 15) is 4.79 Å². The van der Waals surface area contributed by atoms with Gasteiger partial charge in [-0.15, -0.1) is 0 Å². The number of hydrogen-bond donors (Lipinski definition) is 1. The average Bonchev–Trinajstić information content (AvgIpc) is 3.30. The molecule has 6 nitrogen and oxygen atoms in total. The lowest BCUT2D eigenvalue weighted by Gasteiger charge is -2.07. The van der Waals surface area contributed by atoms with Gasteiger partial charge in [-0.2, -0.15) is 0 Å². The van der Waals surface area contributed by atoms with Crippen LogP contribution in [0.4, 0.5) is 5.82 Å². The SMILES string of the molecule is COc1ccc(-c2nc3cc(C)ccn3c2NC(=O)c2ccco2)cc1. The van der Waals surface area contributed by atoms with Gasteiger partial charge in [0.15, 0.2) is 5.76 Å². The van der Waals surface area contributed by atoms with Crippen molar-refractivity contribution < 1.29 is 13.9 Å². The molecule has 26 heavy (non-hydrogen) atoms. The minimum Gasteiger partial charge on any atom is -0.497 e. The lowest BCUT2D eigenvalue weighted by Crippen LogP contribution is -2.13. The average molecular weight is 347 g/mol. The van der Waals surface area contributed by atoms with Crippen LogP contribution in [-0.4, -0.2) is 22.4 Å². The Morgan fingerprint density at radius 3 is 2.69 bits per heavy atom. The molecule has 3 heterocycles. The summed E-state index contributed by atoms with van der Waals surface area (Å²) in [5.41, 5.74) is 3.40. The van der Waals surface area contributed by atoms with Crippen molar-refractivity contribution in [1.29, 1.82) is 0 Å². The van der Waals surface area contributed by atoms with Gasteiger partial charge >= 0.3 is 0 Å². The monoisotopic (exact) mass is 347 g/mol. The van der Waals surface area contributed by atoms with Crippen molar-refractivity contribution in [3.63, 3.8) is 0 Å². The number of fused-ring (bicyclic) bond motifs is 1. The molecule has 0 aliphatic carbocycles. The molecular formula is C20H17N3O3. The van der Waals surface area contributed by atoms with Crippen LogP contribution in [0.1, 0.15) is 16.1 Å². The van der Waals surface area contributed by atoms with Crippen LogP contribution in [0.2, 0.25) is 0 Å². The minimum absolute atomic E-state index is 0.243. The van der Waals surface area contributed by atoms with Crippen molar-refractivity contribution in [2.75, 3.05) is 12.4 Å². The largest absolute Gasteiger partial charge is 0.497 e. The molecule has 0 aliphatic heterocycles. The normalized spacial score (nSPS) is 10.8. The topological polar surface area (TPSA) is 68.8 Å². The van der Waals surface area contributed by atoms with Gasteiger partial charge in [-0.25, -0.2) is 4.98 Å². The Hall–Kier alpha value is -3.54. The number of hydrogen-bond acceptors (Lipinski definition) is 4. The maximum Gasteiger partial charge on any atom is 0.292 e. The molecule has 0 unspecified atom stereocenters. The summed E-state index contributed by atoms with van der Waals surface area (Å²) < 4.78 is 12.3. The van der Waals surface area contributed by atoms with Crippen LogP contribution in [0.15, 0.2) is 65.4 Å². The van der Waals surface area contributed by atoms with E-state index >= 15 is 0 Å². The van der Waals surface area contributed by atoms with Crippen LogP contribution >= 0.6 is 0 Å². The van der Waals surface area contributed by atoms with Crippen molar-refractivity contribution in [1.82, 2.24) is 9.38 Å². The number of imidazole rings is 1. The standard InChI is InChI=1S/C20H17N3O3/c1-13-9-10-23-17(12-13)21-18(14-5-7-15(25-2)8-6-14)19(23)22-20(24)16-4-3-11-26-16/h3-12H,1-2H3,(H,22,24). The maximum atomic E-state index is 12.5. The summed E-state index contributed by atoms with van der Waals surface area (Å²) in [5.74, 6) is 1.26. The molecule has 130 valence electrons. The fourth-order valence-electron chi connectivity index (χ4n) is 2.79. The molecule has 0 radical (unpaired) electrons. The summed E-state index contributed by atoms with van der Waals surface area (Å²) >= 11 is 0. The third kappa shape index (κ3) is 2.82. The fraction of sp³-hybridized carbons (Fsp3) is 0.100. The van der Waals surface area contributed by atoms with E-state index in [1.807, 2.05) is 53.9 Å². The van der Waals surface area contributed by atoms with E-state index in [0.29, 0.717) is 11.5 Å². The predicted molar refractivity (Wildman–Crippen MR) is 98.6 cm³/mol. The molecular weight excluding hydrogens is 330 g/mol. The maximum absolute atomic E-state index is 12.5. The number of amides is 1. The molecule has 0 atom stereocenters. The van der Waals surface area contributed by atoms with Crippen molar-refractivity contribution in [3.8, 4) is 17.0 Å². The number of ether oxygens (including phenoxy) is 1. The summed E-state index contributed by atoms with van der Waals surface area (Å²) in [4.78, 5) is 17.2. The van der Waals surface area contributed by atoms with E-state index in [4.69, 9.17) is 14.1 Å². The smallest absolute Gasteiger partial charge is 0.292 e. The van der Waals surface area contributed by atoms with Gasteiger partial charge < -0.3 is 14.5 Å². The summed E-state index contributed by atoms with van der Waals surface area (Å²) in [7, 11) is 1.62. The molecule has 3 aromatic heterocycles. The second kappa shape index (κ2) is 6.40. The van der Waals surface area contributed by atoms with Gasteiger partial charge in [0.05, 0.1) is 13.4 Å². The van der Waals surface area contributed by atoms with Gasteiger partial charge in [0.25, 0.3) is 5.91 Å². The Balaban J connectivity index is 1.83. The quantitative estimate of drug-likeness (QED) is 0.602. The number of pyridine rings is 1. The zero-order valence-corrected chi connectivity index (χ0v) is 14.4. The van der Waals surface area contributed by atoms with Crippen LogP contribution in [0.25, 0.3) is 16.9 Å². The number of carbonyl (C=O) groups is 1. The van der Waals surface area contributed by atoms with Crippen LogP contribution in [-0.2, 0) is 0 Å². The lowest BCUT2D eigenvalue weighted by atomic mass is 10.1. The number of nitrogens with zero attached hydrogens (tertiary/aromatic N) is 2. The molecule has 6 heteroatoms. The van der Waals surface area contributed by atoms with Crippen molar-refractivity contribution in [2.45, 2.75) is 6.92 Å². The van der Waals surface area contributed by atoms with Crippen LogP contribution in [0, 0.1) is 6.92 Å². The Labute approximate surface area is 150 Å². The molecule has 0 spiro atoms. The summed E-state index contributed by atoms with van der Waals surface area (Å²) in [5, 5.41) is 2.92. The van der Waals surface area contributed by atoms with Crippen molar-refractivity contribution >= 4 is 17.4 Å². The number of aryl methyl sites for hydroxylation is 1. The van der Waals surface area contributed by atoms with Crippen molar-refractivity contribution in [2.24, 2.45) is 0 Å². The van der Waals surface area contributed by atoms with Crippen LogP contribution < -0.4 is 10.1 Å². The number of aromatic nitrogens is 2. The molecule has 0 bridgehead atoms. The Morgan fingerprint density at radius 2 is 2.00 bits per heavy atom. The first-order valence-corrected chi connectivity index (χ1v) is 8.14. The second-order valence-corrected chi connectivity index (χ2v) is 5.90. The number of carbonyl (C=O) groups excluding carboxylic acids is 1. The van der Waals surface area contributed by atoms with E-state index in [1.165, 1.54) is 6.26 Å². The molecule has 1 amide bonds. The van der Waals surface area contributed by atoms with E-state index < -0.39 is 0 Å². The molecule has 4 rings (SSSR count). The highest BCUT2D eigenvalue weighted by Gasteiger charge is 2.18. The van der Waals surface area contributed by atoms with E-state index in [0.717, 1.165) is 22.5 Å². The van der Waals surface area contributed by atoms with Gasteiger partial charge in [0, 0.05) is 11.8 Å². The van der Waals surface area contributed by atoms with Crippen LogP contribution in [0.5, 0.6) is 5.75 Å². The molecule has 0 saturated heterocycles. The zero-order chi connectivity index (χ0) is 18.1. The zero-order valence-electron chi connectivity index (χ0n) is 14.4. The first-order chi connectivity index (χ1) is 12.7. The predicted octanol–water partition coefficient (Wildman–Crippen LogP) is 4.16. The van der Waals surface area contributed by atoms with Gasteiger partial charge in [-0.1, -0.05) is 0 Å². The van der Waals surface area contributed by atoms with Gasteiger partial charge in [0.2, 0.25) is 0 Å². The molecule has 0 fully saturated rings. The van der Waals surface area contributed by atoms with Crippen molar-refractivity contribution in [3.05, 3.63) is 72.3 Å². The van der Waals surface area contributed by atoms with Gasteiger partial charge in [-0.3, -0.25) is 9.20 Å². The van der Waals surface area contributed by atoms with E-state index in [1.54, 1.807) is 19.2 Å². The summed E-state index contributed by atoms with van der Waals surface area (Å²) in [6.07, 6.45) is 3.36. The first kappa shape index (κ1) is 16.0. The number of furan rings is 1. The van der Waals surface area contributed by atoms with Crippen LogP contribution in [0.3, 0.4) is 0 Å². The van der Waals surface area contributed by atoms with Gasteiger partial charge in [0.1, 0.15) is 22.9 Å². The molecule has 1 aromatic carbocycles. The first-order valence-electron chi connectivity index (χ1n) is 8.14. The number of nitrogens with one attached hydrogen (secondary N) is 1. The molecule has 0 aliphatic rings. The highest BCUT2D eigenvalue weighted by atomic mass is 16.5. The Bertz CT molecular complexity index is 1060. The highest BCUT2D eigenvalue weighted by molar-refractivity contribution is 6.04. The number of benzene rings is 1. The number of methoxy groups -OCH3 is 1. The number of rotatable bonds is 4. The summed E-state index contributed by atoms with van der Waals surface area (Å²) in [6, 6.07) is 14.8. The minimum atomic E-state index is -0.327. The molecule has 0 saturated carbocycles. The van der Waals surface area contributed by atoms with Gasteiger partial charge in [-0.05, 0) is 61.0 Å². The molecule has 4 aromatic rings. The Morgan fingerprint density at radius 1 is 1.19 bits per heavy atom. The second-order valence-electron chi connectivity index (χ2n) is 5.90. The van der Waals surface area contributed by atoms with E-state index in [-0.39, 0.29) is 11.7 Å². The third-order valence-electron chi connectivity index (χ3n) is 4.12. The highest BCUT2D eigenvalue weighted by Crippen LogP contribution is 2.30. The Kier molecular flexibility index (Phi) is 3.93. The van der Waals surface area contributed by atoms with E-state index in [2.05, 4.69) is 5.32 Å². The summed E-state index contributed by atoms with van der Waals surface area (Å²) in [6.45, 7) is 2.00. The third-order valence-corrected chi connectivity index (χ3v) is 4.12. The number of anilines is 1. The molecule has 1 N–H and O–H groups in total. The lowest BCUT2D eigenvalue weighted by molar-refractivity contribution is 0.0996.